The number of aromatic amines is 1. The minimum absolute atomic E-state index is 0.0779. The van der Waals surface area contributed by atoms with E-state index in [0.29, 0.717) is 6.54 Å². The summed E-state index contributed by atoms with van der Waals surface area (Å²) in [6.07, 6.45) is 2.91. The van der Waals surface area contributed by atoms with Crippen LogP contribution in [0, 0.1) is 0 Å². The molecule has 0 bridgehead atoms. The fourth-order valence-electron chi connectivity index (χ4n) is 2.28. The van der Waals surface area contributed by atoms with Crippen LogP contribution < -0.4 is 0 Å². The van der Waals surface area contributed by atoms with Crippen molar-refractivity contribution in [2.45, 2.75) is 32.9 Å². The second-order valence-electron chi connectivity index (χ2n) is 4.92. The van der Waals surface area contributed by atoms with Gasteiger partial charge >= 0.3 is 5.97 Å². The molecule has 0 radical (unpaired) electrons. The third kappa shape index (κ3) is 3.15. The monoisotopic (exact) mass is 260 g/mol. The van der Waals surface area contributed by atoms with Crippen molar-refractivity contribution >= 4 is 16.9 Å². The molecule has 1 atom stereocenters. The Kier molecular flexibility index (Phi) is 4.22. The number of nitrogens with zero attached hydrogens (tertiary/aromatic N) is 1. The molecule has 0 amide bonds. The smallest absolute Gasteiger partial charge is 0.317 e. The highest BCUT2D eigenvalue weighted by atomic mass is 16.4. The Balaban J connectivity index is 2.23. The number of H-pyrrole nitrogens is 1. The van der Waals surface area contributed by atoms with Crippen LogP contribution in [0.4, 0.5) is 0 Å². The van der Waals surface area contributed by atoms with Gasteiger partial charge in [-0.15, -0.1) is 0 Å². The Labute approximate surface area is 113 Å². The molecule has 1 heterocycles. The molecule has 0 saturated carbocycles. The molecule has 102 valence electrons. The van der Waals surface area contributed by atoms with E-state index < -0.39 is 5.97 Å². The SMILES string of the molecule is CCC(C)N(CC(=O)O)Cc1c[nH]c2ccccc12. The van der Waals surface area contributed by atoms with Gasteiger partial charge in [-0.05, 0) is 25.0 Å². The average Bonchev–Trinajstić information content (AvgIpc) is 2.80. The minimum atomic E-state index is -0.778. The van der Waals surface area contributed by atoms with Crippen molar-refractivity contribution in [3.63, 3.8) is 0 Å². The molecule has 1 aromatic heterocycles. The standard InChI is InChI=1S/C15H20N2O2/c1-3-11(2)17(10-15(18)19)9-12-8-16-14-7-5-4-6-13(12)14/h4-8,11,16H,3,9-10H2,1-2H3,(H,18,19). The minimum Gasteiger partial charge on any atom is -0.480 e. The molecule has 19 heavy (non-hydrogen) atoms. The van der Waals surface area contributed by atoms with E-state index in [9.17, 15) is 4.79 Å². The number of hydrogen-bond acceptors (Lipinski definition) is 2. The fraction of sp³-hybridized carbons (Fsp3) is 0.400. The predicted octanol–water partition coefficient (Wildman–Crippen LogP) is 2.85. The highest BCUT2D eigenvalue weighted by Crippen LogP contribution is 2.20. The molecule has 0 aliphatic rings. The first-order valence-electron chi connectivity index (χ1n) is 6.62. The van der Waals surface area contributed by atoms with Crippen LogP contribution in [0.2, 0.25) is 0 Å². The number of aromatic nitrogens is 1. The highest BCUT2D eigenvalue weighted by Gasteiger charge is 2.17. The van der Waals surface area contributed by atoms with E-state index in [1.165, 1.54) is 5.39 Å². The van der Waals surface area contributed by atoms with Crippen molar-refractivity contribution in [1.82, 2.24) is 9.88 Å². The maximum atomic E-state index is 11.0. The van der Waals surface area contributed by atoms with Gasteiger partial charge in [0.1, 0.15) is 0 Å². The van der Waals surface area contributed by atoms with Crippen molar-refractivity contribution in [3.8, 4) is 0 Å². The van der Waals surface area contributed by atoms with E-state index in [2.05, 4.69) is 24.9 Å². The van der Waals surface area contributed by atoms with Crippen LogP contribution >= 0.6 is 0 Å². The summed E-state index contributed by atoms with van der Waals surface area (Å²) in [5, 5.41) is 10.2. The third-order valence-electron chi connectivity index (χ3n) is 3.60. The molecule has 1 aromatic carbocycles. The molecule has 0 aliphatic heterocycles. The lowest BCUT2D eigenvalue weighted by molar-refractivity contribution is -0.139. The van der Waals surface area contributed by atoms with Crippen molar-refractivity contribution in [2.75, 3.05) is 6.54 Å². The molecule has 0 saturated heterocycles. The molecule has 2 N–H and O–H groups in total. The molecule has 1 unspecified atom stereocenters. The van der Waals surface area contributed by atoms with Crippen molar-refractivity contribution in [3.05, 3.63) is 36.0 Å². The first-order chi connectivity index (χ1) is 9.11. The summed E-state index contributed by atoms with van der Waals surface area (Å²) in [4.78, 5) is 16.2. The number of benzene rings is 1. The van der Waals surface area contributed by atoms with Crippen LogP contribution in [-0.4, -0.2) is 33.5 Å². The third-order valence-corrected chi connectivity index (χ3v) is 3.60. The van der Waals surface area contributed by atoms with E-state index in [0.717, 1.165) is 17.5 Å². The van der Waals surface area contributed by atoms with Crippen LogP contribution in [0.3, 0.4) is 0 Å². The highest BCUT2D eigenvalue weighted by molar-refractivity contribution is 5.83. The molecule has 0 fully saturated rings. The zero-order chi connectivity index (χ0) is 13.8. The molecule has 4 heteroatoms. The van der Waals surface area contributed by atoms with Crippen LogP contribution in [0.1, 0.15) is 25.8 Å². The molecular formula is C15H20N2O2. The van der Waals surface area contributed by atoms with Crippen molar-refractivity contribution in [1.29, 1.82) is 0 Å². The largest absolute Gasteiger partial charge is 0.480 e. The number of carboxylic acid groups (broad SMARTS) is 1. The summed E-state index contributed by atoms with van der Waals surface area (Å²) in [6, 6.07) is 8.35. The van der Waals surface area contributed by atoms with E-state index in [4.69, 9.17) is 5.11 Å². The molecule has 2 rings (SSSR count). The van der Waals surface area contributed by atoms with Crippen LogP contribution in [0.25, 0.3) is 10.9 Å². The zero-order valence-electron chi connectivity index (χ0n) is 11.4. The zero-order valence-corrected chi connectivity index (χ0v) is 11.4. The number of carboxylic acids is 1. The van der Waals surface area contributed by atoms with Crippen LogP contribution in [-0.2, 0) is 11.3 Å². The van der Waals surface area contributed by atoms with E-state index in [-0.39, 0.29) is 12.6 Å². The second kappa shape index (κ2) is 5.89. The van der Waals surface area contributed by atoms with Crippen molar-refractivity contribution in [2.24, 2.45) is 0 Å². The lowest BCUT2D eigenvalue weighted by Crippen LogP contribution is -2.36. The van der Waals surface area contributed by atoms with Gasteiger partial charge in [0.25, 0.3) is 0 Å². The molecule has 0 aliphatic carbocycles. The lowest BCUT2D eigenvalue weighted by atomic mass is 10.1. The second-order valence-corrected chi connectivity index (χ2v) is 4.92. The maximum Gasteiger partial charge on any atom is 0.317 e. The number of nitrogens with one attached hydrogen (secondary N) is 1. The van der Waals surface area contributed by atoms with Crippen LogP contribution in [0.5, 0.6) is 0 Å². The summed E-state index contributed by atoms with van der Waals surface area (Å²) < 4.78 is 0. The predicted molar refractivity (Wildman–Crippen MR) is 76.1 cm³/mol. The van der Waals surface area contributed by atoms with Gasteiger partial charge in [0.05, 0.1) is 6.54 Å². The maximum absolute atomic E-state index is 11.0. The number of fused-ring (bicyclic) bond motifs is 1. The van der Waals surface area contributed by atoms with Gasteiger partial charge in [-0.3, -0.25) is 9.69 Å². The van der Waals surface area contributed by atoms with Gasteiger partial charge in [0.2, 0.25) is 0 Å². The summed E-state index contributed by atoms with van der Waals surface area (Å²) in [5.74, 6) is -0.778. The Morgan fingerprint density at radius 2 is 2.16 bits per heavy atom. The Bertz CT molecular complexity index is 562. The van der Waals surface area contributed by atoms with E-state index >= 15 is 0 Å². The normalized spacial score (nSPS) is 13.0. The summed E-state index contributed by atoms with van der Waals surface area (Å²) >= 11 is 0. The topological polar surface area (TPSA) is 56.3 Å². The van der Waals surface area contributed by atoms with Gasteiger partial charge in [0.15, 0.2) is 0 Å². The number of rotatable bonds is 6. The quantitative estimate of drug-likeness (QED) is 0.839. The van der Waals surface area contributed by atoms with Gasteiger partial charge in [-0.2, -0.15) is 0 Å². The Morgan fingerprint density at radius 1 is 1.42 bits per heavy atom. The van der Waals surface area contributed by atoms with Gasteiger partial charge in [-0.25, -0.2) is 0 Å². The number of aliphatic carboxylic acids is 1. The number of carbonyl (C=O) groups is 1. The molecule has 0 spiro atoms. The summed E-state index contributed by atoms with van der Waals surface area (Å²) in [7, 11) is 0. The van der Waals surface area contributed by atoms with E-state index in [1.54, 1.807) is 0 Å². The van der Waals surface area contributed by atoms with E-state index in [1.807, 2.05) is 29.3 Å². The number of hydrogen-bond donors (Lipinski definition) is 2. The summed E-state index contributed by atoms with van der Waals surface area (Å²) in [5.41, 5.74) is 2.24. The lowest BCUT2D eigenvalue weighted by Gasteiger charge is -2.26. The average molecular weight is 260 g/mol. The fourth-order valence-corrected chi connectivity index (χ4v) is 2.28. The van der Waals surface area contributed by atoms with Gasteiger partial charge in [0, 0.05) is 29.7 Å². The first-order valence-corrected chi connectivity index (χ1v) is 6.62. The van der Waals surface area contributed by atoms with Crippen molar-refractivity contribution < 1.29 is 9.90 Å². The molecule has 2 aromatic rings. The first kappa shape index (κ1) is 13.6. The number of para-hydroxylation sites is 1. The summed E-state index contributed by atoms with van der Waals surface area (Å²) in [6.45, 7) is 4.88. The Hall–Kier alpha value is -1.81. The molecular weight excluding hydrogens is 240 g/mol. The van der Waals surface area contributed by atoms with Gasteiger partial charge in [-0.1, -0.05) is 25.1 Å². The Morgan fingerprint density at radius 3 is 2.84 bits per heavy atom. The van der Waals surface area contributed by atoms with Crippen LogP contribution in [0.15, 0.2) is 30.5 Å². The molecule has 4 nitrogen and oxygen atoms in total. The van der Waals surface area contributed by atoms with Gasteiger partial charge < -0.3 is 10.1 Å².